The van der Waals surface area contributed by atoms with E-state index in [1.807, 2.05) is 31.2 Å². The SMILES string of the molecule is CC(Cc1ccc(Cl)cc1)CC1C(=O)OC(C)(C)OC1=O. The molecule has 0 bridgehead atoms. The molecule has 2 rings (SSSR count). The second kappa shape index (κ2) is 6.06. The van der Waals surface area contributed by atoms with Crippen LogP contribution < -0.4 is 0 Å². The zero-order valence-electron chi connectivity index (χ0n) is 12.4. The first-order valence-electron chi connectivity index (χ1n) is 6.97. The molecule has 5 heteroatoms. The van der Waals surface area contributed by atoms with E-state index < -0.39 is 23.6 Å². The standard InChI is InChI=1S/C16H19ClO4/c1-10(8-11-4-6-12(17)7-5-11)9-13-14(18)20-16(2,3)21-15(13)19/h4-7,10,13H,8-9H2,1-3H3. The van der Waals surface area contributed by atoms with Crippen LogP contribution in [0.2, 0.25) is 5.02 Å². The normalized spacial score (nSPS) is 19.8. The first-order chi connectivity index (χ1) is 9.77. The molecule has 0 aromatic heterocycles. The van der Waals surface area contributed by atoms with Gasteiger partial charge in [-0.15, -0.1) is 0 Å². The van der Waals surface area contributed by atoms with Gasteiger partial charge in [0.15, 0.2) is 5.92 Å². The minimum Gasteiger partial charge on any atom is -0.422 e. The Labute approximate surface area is 129 Å². The molecular weight excluding hydrogens is 292 g/mol. The lowest BCUT2D eigenvalue weighted by atomic mass is 9.90. The van der Waals surface area contributed by atoms with Gasteiger partial charge >= 0.3 is 11.9 Å². The second-order valence-electron chi connectivity index (χ2n) is 5.97. The zero-order valence-corrected chi connectivity index (χ0v) is 13.1. The van der Waals surface area contributed by atoms with E-state index in [1.165, 1.54) is 0 Å². The fraction of sp³-hybridized carbons (Fsp3) is 0.500. The minimum atomic E-state index is -1.16. The summed E-state index contributed by atoms with van der Waals surface area (Å²) < 4.78 is 10.2. The van der Waals surface area contributed by atoms with E-state index in [1.54, 1.807) is 13.8 Å². The molecule has 1 atom stereocenters. The van der Waals surface area contributed by atoms with Crippen LogP contribution in [0.3, 0.4) is 0 Å². The summed E-state index contributed by atoms with van der Waals surface area (Å²) in [5.74, 6) is -2.85. The Morgan fingerprint density at radius 1 is 1.14 bits per heavy atom. The molecule has 1 aliphatic heterocycles. The topological polar surface area (TPSA) is 52.6 Å². The van der Waals surface area contributed by atoms with Crippen LogP contribution in [-0.2, 0) is 25.5 Å². The van der Waals surface area contributed by atoms with Crippen LogP contribution in [0.5, 0.6) is 0 Å². The Kier molecular flexibility index (Phi) is 4.57. The Hall–Kier alpha value is -1.55. The summed E-state index contributed by atoms with van der Waals surface area (Å²) >= 11 is 5.85. The van der Waals surface area contributed by atoms with Gasteiger partial charge < -0.3 is 9.47 Å². The predicted molar refractivity (Wildman–Crippen MR) is 78.7 cm³/mol. The third-order valence-electron chi connectivity index (χ3n) is 3.40. The van der Waals surface area contributed by atoms with E-state index >= 15 is 0 Å². The molecule has 1 fully saturated rings. The van der Waals surface area contributed by atoms with Gasteiger partial charge in [-0.05, 0) is 36.5 Å². The summed E-state index contributed by atoms with van der Waals surface area (Å²) in [6.07, 6.45) is 1.17. The number of carbonyl (C=O) groups excluding carboxylic acids is 2. The summed E-state index contributed by atoms with van der Waals surface area (Å²) in [5, 5.41) is 0.688. The van der Waals surface area contributed by atoms with Gasteiger partial charge in [-0.3, -0.25) is 9.59 Å². The molecule has 0 amide bonds. The number of esters is 2. The highest BCUT2D eigenvalue weighted by atomic mass is 35.5. The van der Waals surface area contributed by atoms with Crippen LogP contribution in [0.1, 0.15) is 32.8 Å². The van der Waals surface area contributed by atoms with Crippen molar-refractivity contribution in [3.63, 3.8) is 0 Å². The number of carbonyl (C=O) groups is 2. The molecule has 4 nitrogen and oxygen atoms in total. The molecule has 1 saturated heterocycles. The highest BCUT2D eigenvalue weighted by Crippen LogP contribution is 2.28. The molecule has 0 saturated carbocycles. The van der Waals surface area contributed by atoms with Gasteiger partial charge in [-0.1, -0.05) is 30.7 Å². The number of hydrogen-bond donors (Lipinski definition) is 0. The number of cyclic esters (lactones) is 2. The van der Waals surface area contributed by atoms with Gasteiger partial charge in [-0.2, -0.15) is 0 Å². The minimum absolute atomic E-state index is 0.150. The molecule has 0 spiro atoms. The number of ether oxygens (including phenoxy) is 2. The van der Waals surface area contributed by atoms with Crippen LogP contribution in [0.4, 0.5) is 0 Å². The average Bonchev–Trinajstić information content (AvgIpc) is 2.36. The predicted octanol–water partition coefficient (Wildman–Crippen LogP) is 3.36. The maximum atomic E-state index is 11.9. The summed E-state index contributed by atoms with van der Waals surface area (Å²) in [6, 6.07) is 7.55. The van der Waals surface area contributed by atoms with E-state index in [4.69, 9.17) is 21.1 Å². The van der Waals surface area contributed by atoms with Gasteiger partial charge in [0.1, 0.15) is 0 Å². The first-order valence-corrected chi connectivity index (χ1v) is 7.35. The fourth-order valence-electron chi connectivity index (χ4n) is 2.44. The molecule has 0 N–H and O–H groups in total. The van der Waals surface area contributed by atoms with Crippen molar-refractivity contribution in [3.05, 3.63) is 34.9 Å². The fourth-order valence-corrected chi connectivity index (χ4v) is 2.57. The molecule has 1 aromatic carbocycles. The van der Waals surface area contributed by atoms with Crippen molar-refractivity contribution in [3.8, 4) is 0 Å². The Bertz CT molecular complexity index is 516. The Morgan fingerprint density at radius 3 is 2.19 bits per heavy atom. The highest BCUT2D eigenvalue weighted by molar-refractivity contribution is 6.30. The number of benzene rings is 1. The van der Waals surface area contributed by atoms with Crippen molar-refractivity contribution in [1.82, 2.24) is 0 Å². The molecule has 1 heterocycles. The molecule has 1 aliphatic rings. The lowest BCUT2D eigenvalue weighted by molar-refractivity contribution is -0.240. The summed E-state index contributed by atoms with van der Waals surface area (Å²) in [4.78, 5) is 23.8. The number of halogens is 1. The molecule has 1 aromatic rings. The third-order valence-corrected chi connectivity index (χ3v) is 3.65. The molecular formula is C16H19ClO4. The smallest absolute Gasteiger partial charge is 0.323 e. The number of rotatable bonds is 4. The van der Waals surface area contributed by atoms with Gasteiger partial charge in [0.2, 0.25) is 0 Å². The van der Waals surface area contributed by atoms with E-state index in [0.29, 0.717) is 11.4 Å². The maximum Gasteiger partial charge on any atom is 0.323 e. The van der Waals surface area contributed by atoms with Crippen LogP contribution in [0.25, 0.3) is 0 Å². The molecule has 114 valence electrons. The van der Waals surface area contributed by atoms with E-state index in [0.717, 1.165) is 12.0 Å². The van der Waals surface area contributed by atoms with Crippen LogP contribution in [0, 0.1) is 11.8 Å². The molecule has 1 unspecified atom stereocenters. The van der Waals surface area contributed by atoms with Crippen molar-refractivity contribution in [2.45, 2.75) is 39.4 Å². The lowest BCUT2D eigenvalue weighted by Crippen LogP contribution is -2.46. The lowest BCUT2D eigenvalue weighted by Gasteiger charge is -2.33. The second-order valence-corrected chi connectivity index (χ2v) is 6.40. The summed E-state index contributed by atoms with van der Waals surface area (Å²) in [7, 11) is 0. The van der Waals surface area contributed by atoms with E-state index in [-0.39, 0.29) is 5.92 Å². The van der Waals surface area contributed by atoms with Crippen molar-refractivity contribution in [2.24, 2.45) is 11.8 Å². The third kappa shape index (κ3) is 4.21. The van der Waals surface area contributed by atoms with E-state index in [9.17, 15) is 9.59 Å². The number of hydrogen-bond acceptors (Lipinski definition) is 4. The first kappa shape index (κ1) is 15.8. The van der Waals surface area contributed by atoms with Crippen molar-refractivity contribution < 1.29 is 19.1 Å². The van der Waals surface area contributed by atoms with Gasteiger partial charge in [0.05, 0.1) is 0 Å². The molecule has 0 radical (unpaired) electrons. The van der Waals surface area contributed by atoms with Crippen LogP contribution >= 0.6 is 11.6 Å². The molecule has 21 heavy (non-hydrogen) atoms. The largest absolute Gasteiger partial charge is 0.422 e. The van der Waals surface area contributed by atoms with E-state index in [2.05, 4.69) is 0 Å². The highest BCUT2D eigenvalue weighted by Gasteiger charge is 2.43. The van der Waals surface area contributed by atoms with Crippen LogP contribution in [0.15, 0.2) is 24.3 Å². The van der Waals surface area contributed by atoms with Crippen molar-refractivity contribution in [1.29, 1.82) is 0 Å². The molecule has 0 aliphatic carbocycles. The van der Waals surface area contributed by atoms with Crippen molar-refractivity contribution in [2.75, 3.05) is 0 Å². The summed E-state index contributed by atoms with van der Waals surface area (Å²) in [6.45, 7) is 5.10. The Balaban J connectivity index is 1.96. The quantitative estimate of drug-likeness (QED) is 0.632. The average molecular weight is 311 g/mol. The van der Waals surface area contributed by atoms with Crippen molar-refractivity contribution >= 4 is 23.5 Å². The zero-order chi connectivity index (χ0) is 15.6. The summed E-state index contributed by atoms with van der Waals surface area (Å²) in [5.41, 5.74) is 1.12. The monoisotopic (exact) mass is 310 g/mol. The van der Waals surface area contributed by atoms with Gasteiger partial charge in [0.25, 0.3) is 5.79 Å². The maximum absolute atomic E-state index is 11.9. The Morgan fingerprint density at radius 2 is 1.67 bits per heavy atom. The van der Waals surface area contributed by atoms with Gasteiger partial charge in [0, 0.05) is 18.9 Å². The van der Waals surface area contributed by atoms with Crippen LogP contribution in [-0.4, -0.2) is 17.7 Å². The van der Waals surface area contributed by atoms with Gasteiger partial charge in [-0.25, -0.2) is 0 Å².